The quantitative estimate of drug-likeness (QED) is 0.401. The van der Waals surface area contributed by atoms with Crippen molar-refractivity contribution in [2.24, 2.45) is 5.41 Å². The summed E-state index contributed by atoms with van der Waals surface area (Å²) < 4.78 is 0. The number of hydrogen-bond donors (Lipinski definition) is 3. The number of nitrogens with one attached hydrogen (secondary N) is 2. The number of hydrogen-bond acceptors (Lipinski definition) is 5. The zero-order valence-corrected chi connectivity index (χ0v) is 22.1. The average molecular weight is 497 g/mol. The minimum absolute atomic E-state index is 0.208. The van der Waals surface area contributed by atoms with E-state index in [4.69, 9.17) is 0 Å². The Labute approximate surface area is 212 Å². The molecule has 1 fully saturated rings. The van der Waals surface area contributed by atoms with E-state index in [0.29, 0.717) is 17.1 Å². The van der Waals surface area contributed by atoms with Gasteiger partial charge in [-0.2, -0.15) is 11.8 Å². The highest BCUT2D eigenvalue weighted by molar-refractivity contribution is 7.99. The van der Waals surface area contributed by atoms with E-state index >= 15 is 0 Å². The van der Waals surface area contributed by atoms with Crippen LogP contribution in [-0.4, -0.2) is 51.9 Å². The van der Waals surface area contributed by atoms with Gasteiger partial charge in [-0.05, 0) is 57.3 Å². The Balaban J connectivity index is 1.67. The zero-order valence-electron chi connectivity index (χ0n) is 21.2. The van der Waals surface area contributed by atoms with Crippen molar-refractivity contribution in [2.75, 3.05) is 11.5 Å². The van der Waals surface area contributed by atoms with E-state index in [1.165, 1.54) is 18.7 Å². The van der Waals surface area contributed by atoms with Crippen LogP contribution in [0.5, 0.6) is 0 Å². The fourth-order valence-electron chi connectivity index (χ4n) is 5.06. The van der Waals surface area contributed by atoms with E-state index in [1.807, 2.05) is 45.1 Å². The van der Waals surface area contributed by atoms with Gasteiger partial charge in [0.15, 0.2) is 5.78 Å². The lowest BCUT2D eigenvalue weighted by Crippen LogP contribution is -2.50. The van der Waals surface area contributed by atoms with Crippen LogP contribution in [-0.2, 0) is 14.4 Å². The van der Waals surface area contributed by atoms with Gasteiger partial charge in [-0.3, -0.25) is 14.4 Å². The Morgan fingerprint density at radius 2 is 1.97 bits per heavy atom. The Morgan fingerprint density at radius 3 is 2.54 bits per heavy atom. The number of Topliss-reactive ketones (excluding diaryl/α,β-unsaturated/α-hetero) is 1. The number of aliphatic hydroxyl groups is 1. The Bertz CT molecular complexity index is 1090. The van der Waals surface area contributed by atoms with Gasteiger partial charge in [-0.1, -0.05) is 48.6 Å². The lowest BCUT2D eigenvalue weighted by atomic mass is 9.67. The highest BCUT2D eigenvalue weighted by Crippen LogP contribution is 2.64. The molecule has 0 heterocycles. The molecule has 188 valence electrons. The Morgan fingerprint density at radius 1 is 1.29 bits per heavy atom. The number of fused-ring (bicyclic) bond motifs is 1. The van der Waals surface area contributed by atoms with Crippen molar-refractivity contribution in [2.45, 2.75) is 65.1 Å². The number of rotatable bonds is 10. The van der Waals surface area contributed by atoms with Crippen LogP contribution >= 0.6 is 11.8 Å². The van der Waals surface area contributed by atoms with Gasteiger partial charge >= 0.3 is 0 Å². The van der Waals surface area contributed by atoms with Crippen LogP contribution in [0.25, 0.3) is 0 Å². The second-order valence-electron chi connectivity index (χ2n) is 9.65. The van der Waals surface area contributed by atoms with Gasteiger partial charge in [0.1, 0.15) is 11.6 Å². The van der Waals surface area contributed by atoms with Crippen LogP contribution in [0.15, 0.2) is 70.9 Å². The normalized spacial score (nSPS) is 24.6. The zero-order chi connectivity index (χ0) is 26.0. The molecule has 0 bridgehead atoms. The first-order valence-corrected chi connectivity index (χ1v) is 13.2. The van der Waals surface area contributed by atoms with Crippen molar-refractivity contribution in [3.05, 3.63) is 70.9 Å². The summed E-state index contributed by atoms with van der Waals surface area (Å²) in [6, 6.07) is -0.953. The fourth-order valence-corrected chi connectivity index (χ4v) is 6.10. The molecule has 3 N–H and O–H groups in total. The summed E-state index contributed by atoms with van der Waals surface area (Å²) in [6.45, 7) is 12.7. The van der Waals surface area contributed by atoms with Gasteiger partial charge in [0.2, 0.25) is 11.8 Å². The van der Waals surface area contributed by atoms with Crippen molar-refractivity contribution in [3.63, 3.8) is 0 Å². The number of thioether (sulfide) groups is 1. The predicted octanol–water partition coefficient (Wildman–Crippen LogP) is 3.71. The summed E-state index contributed by atoms with van der Waals surface area (Å²) in [7, 11) is 0. The van der Waals surface area contributed by atoms with Crippen molar-refractivity contribution >= 4 is 29.4 Å². The molecule has 0 aromatic heterocycles. The van der Waals surface area contributed by atoms with Crippen molar-refractivity contribution < 1.29 is 19.5 Å². The van der Waals surface area contributed by atoms with Crippen molar-refractivity contribution in [3.8, 4) is 0 Å². The lowest BCUT2D eigenvalue weighted by Gasteiger charge is -2.39. The number of carbonyl (C=O) groups excluding carboxylic acids is 3. The largest absolute Gasteiger partial charge is 0.381 e. The summed E-state index contributed by atoms with van der Waals surface area (Å²) in [4.78, 5) is 37.8. The van der Waals surface area contributed by atoms with E-state index in [0.717, 1.165) is 35.1 Å². The van der Waals surface area contributed by atoms with E-state index in [9.17, 15) is 19.5 Å². The monoisotopic (exact) mass is 496 g/mol. The SMILES string of the molecule is C=C/C(=C\C=C/C)[C@H](C)NC(=O)[C@H](CSCC1=CC=C2C(=O)[C@](C)(O)C3(CC3)C(C)=C12)NC(C)=O. The second kappa shape index (κ2) is 10.5. The molecule has 0 saturated heterocycles. The average Bonchev–Trinajstić information content (AvgIpc) is 3.52. The lowest BCUT2D eigenvalue weighted by molar-refractivity contribution is -0.137. The second-order valence-corrected chi connectivity index (χ2v) is 10.7. The third kappa shape index (κ3) is 5.16. The van der Waals surface area contributed by atoms with Crippen molar-refractivity contribution in [1.82, 2.24) is 10.6 Å². The first-order chi connectivity index (χ1) is 16.5. The van der Waals surface area contributed by atoms with Crippen LogP contribution in [0.3, 0.4) is 0 Å². The number of carbonyl (C=O) groups is 3. The molecule has 3 aliphatic carbocycles. The van der Waals surface area contributed by atoms with Crippen LogP contribution < -0.4 is 10.6 Å². The third-order valence-corrected chi connectivity index (χ3v) is 8.40. The van der Waals surface area contributed by atoms with Crippen LogP contribution in [0.2, 0.25) is 0 Å². The van der Waals surface area contributed by atoms with Gasteiger partial charge in [0.25, 0.3) is 0 Å². The summed E-state index contributed by atoms with van der Waals surface area (Å²) in [5.74, 6) is 0.237. The summed E-state index contributed by atoms with van der Waals surface area (Å²) in [5.41, 5.74) is 2.68. The standard InChI is InChI=1S/C28H36N2O4S/c1-7-9-10-20(8-2)18(4)29-26(33)23(30-19(5)31)16-35-15-21-11-12-22-24(21)17(3)28(13-14-28)27(6,34)25(22)32/h7-12,18,23,34H,2,13-16H2,1,3-6H3,(H,29,33)(H,30,31)/b9-7-,20-10+/t18-,23-,27-/m0/s1. The van der Waals surface area contributed by atoms with E-state index in [2.05, 4.69) is 17.2 Å². The molecular formula is C28H36N2O4S. The number of allylic oxidation sites excluding steroid dienone is 6. The molecule has 0 aromatic carbocycles. The van der Waals surface area contributed by atoms with E-state index in [1.54, 1.807) is 19.1 Å². The maximum atomic E-state index is 13.0. The highest BCUT2D eigenvalue weighted by Gasteiger charge is 2.64. The summed E-state index contributed by atoms with van der Waals surface area (Å²) in [6.07, 6.45) is 12.7. The maximum absolute atomic E-state index is 13.0. The first kappa shape index (κ1) is 27.0. The third-order valence-electron chi connectivity index (χ3n) is 7.31. The van der Waals surface area contributed by atoms with Gasteiger partial charge in [0.05, 0.1) is 6.04 Å². The smallest absolute Gasteiger partial charge is 0.243 e. The Kier molecular flexibility index (Phi) is 8.12. The van der Waals surface area contributed by atoms with Gasteiger partial charge in [-0.25, -0.2) is 0 Å². The molecule has 3 rings (SSSR count). The van der Waals surface area contributed by atoms with Gasteiger partial charge in [-0.15, -0.1) is 0 Å². The minimum atomic E-state index is -1.36. The molecule has 1 spiro atoms. The van der Waals surface area contributed by atoms with E-state index < -0.39 is 17.1 Å². The van der Waals surface area contributed by atoms with Gasteiger partial charge < -0.3 is 15.7 Å². The van der Waals surface area contributed by atoms with Crippen LogP contribution in [0.4, 0.5) is 0 Å². The molecule has 3 atom stereocenters. The molecule has 7 heteroatoms. The fraction of sp³-hybridized carbons (Fsp3) is 0.464. The molecule has 0 aliphatic heterocycles. The number of amides is 2. The molecule has 3 aliphatic rings. The van der Waals surface area contributed by atoms with Crippen LogP contribution in [0.1, 0.15) is 47.5 Å². The summed E-state index contributed by atoms with van der Waals surface area (Å²) in [5, 5.41) is 16.7. The van der Waals surface area contributed by atoms with Gasteiger partial charge in [0, 0.05) is 29.4 Å². The highest BCUT2D eigenvalue weighted by atomic mass is 32.2. The topological polar surface area (TPSA) is 95.5 Å². The summed E-state index contributed by atoms with van der Waals surface area (Å²) >= 11 is 1.53. The first-order valence-electron chi connectivity index (χ1n) is 12.0. The number of ketones is 1. The maximum Gasteiger partial charge on any atom is 0.243 e. The molecule has 0 radical (unpaired) electrons. The molecule has 6 nitrogen and oxygen atoms in total. The molecular weight excluding hydrogens is 460 g/mol. The van der Waals surface area contributed by atoms with Crippen LogP contribution in [0, 0.1) is 5.41 Å². The van der Waals surface area contributed by atoms with E-state index in [-0.39, 0.29) is 23.6 Å². The van der Waals surface area contributed by atoms with Crippen molar-refractivity contribution in [1.29, 1.82) is 0 Å². The molecule has 1 saturated carbocycles. The molecule has 2 amide bonds. The predicted molar refractivity (Wildman–Crippen MR) is 142 cm³/mol. The molecule has 0 aromatic rings. The minimum Gasteiger partial charge on any atom is -0.381 e. The molecule has 35 heavy (non-hydrogen) atoms. The molecule has 0 unspecified atom stereocenters. The Hall–Kier alpha value is -2.64.